The van der Waals surface area contributed by atoms with Gasteiger partial charge >= 0.3 is 0 Å². The van der Waals surface area contributed by atoms with E-state index in [-0.39, 0.29) is 12.0 Å². The van der Waals surface area contributed by atoms with Gasteiger partial charge in [0.25, 0.3) is 5.91 Å². The maximum Gasteiger partial charge on any atom is 0.280 e. The van der Waals surface area contributed by atoms with Crippen LogP contribution in [0.3, 0.4) is 0 Å². The van der Waals surface area contributed by atoms with Crippen molar-refractivity contribution in [3.05, 3.63) is 36.3 Å². The lowest BCUT2D eigenvalue weighted by Crippen LogP contribution is -2.29. The molecule has 1 fully saturated rings. The van der Waals surface area contributed by atoms with Crippen molar-refractivity contribution in [1.29, 1.82) is 0 Å². The van der Waals surface area contributed by atoms with Gasteiger partial charge in [-0.05, 0) is 25.0 Å². The molecular formula is C14H18N4O2. The number of nitrogens with zero attached hydrogens (tertiary/aromatic N) is 3. The van der Waals surface area contributed by atoms with Crippen LogP contribution in [0.5, 0.6) is 0 Å². The van der Waals surface area contributed by atoms with E-state index < -0.39 is 0 Å². The van der Waals surface area contributed by atoms with Gasteiger partial charge in [-0.2, -0.15) is 5.10 Å². The molecule has 0 atom stereocenters. The van der Waals surface area contributed by atoms with Crippen LogP contribution in [0.2, 0.25) is 0 Å². The van der Waals surface area contributed by atoms with Crippen molar-refractivity contribution in [1.82, 2.24) is 19.8 Å². The Balaban J connectivity index is 1.74. The molecule has 0 saturated heterocycles. The molecule has 106 valence electrons. The number of hydroxylamine groups is 1. The summed E-state index contributed by atoms with van der Waals surface area (Å²) in [5.74, 6) is 0.469. The summed E-state index contributed by atoms with van der Waals surface area (Å²) in [6, 6.07) is 3.81. The first-order valence-corrected chi connectivity index (χ1v) is 6.87. The van der Waals surface area contributed by atoms with Gasteiger partial charge < -0.3 is 4.57 Å². The summed E-state index contributed by atoms with van der Waals surface area (Å²) in [7, 11) is 1.81. The molecule has 1 N–H and O–H groups in total. The second-order valence-corrected chi connectivity index (χ2v) is 5.05. The summed E-state index contributed by atoms with van der Waals surface area (Å²) < 4.78 is 3.53. The Morgan fingerprint density at radius 1 is 1.35 bits per heavy atom. The molecule has 0 spiro atoms. The minimum Gasteiger partial charge on any atom is -0.308 e. The Bertz CT molecular complexity index is 582. The van der Waals surface area contributed by atoms with Crippen molar-refractivity contribution in [3.63, 3.8) is 0 Å². The fraction of sp³-hybridized carbons (Fsp3) is 0.429. The van der Waals surface area contributed by atoms with Crippen molar-refractivity contribution >= 4 is 5.91 Å². The molecule has 0 bridgehead atoms. The highest BCUT2D eigenvalue weighted by atomic mass is 16.7. The van der Waals surface area contributed by atoms with Gasteiger partial charge in [0.2, 0.25) is 0 Å². The molecule has 2 heterocycles. The largest absolute Gasteiger partial charge is 0.308 e. The predicted octanol–water partition coefficient (Wildman–Crippen LogP) is 1.81. The lowest BCUT2D eigenvalue weighted by molar-refractivity contribution is -0.0124. The average Bonchev–Trinajstić information content (AvgIpc) is 3.17. The predicted molar refractivity (Wildman–Crippen MR) is 73.3 cm³/mol. The third kappa shape index (κ3) is 2.46. The zero-order chi connectivity index (χ0) is 13.9. The fourth-order valence-electron chi connectivity index (χ4n) is 2.57. The van der Waals surface area contributed by atoms with Crippen LogP contribution in [-0.2, 0) is 11.9 Å². The van der Waals surface area contributed by atoms with Crippen molar-refractivity contribution in [3.8, 4) is 5.82 Å². The van der Waals surface area contributed by atoms with E-state index in [9.17, 15) is 4.79 Å². The van der Waals surface area contributed by atoms with E-state index in [2.05, 4.69) is 10.6 Å². The van der Waals surface area contributed by atoms with Crippen LogP contribution in [0.25, 0.3) is 5.82 Å². The summed E-state index contributed by atoms with van der Waals surface area (Å²) >= 11 is 0. The minimum absolute atomic E-state index is 0.144. The molecule has 20 heavy (non-hydrogen) atoms. The third-order valence-corrected chi connectivity index (χ3v) is 3.62. The highest BCUT2D eigenvalue weighted by molar-refractivity contribution is 5.96. The van der Waals surface area contributed by atoms with Crippen LogP contribution in [0.15, 0.2) is 30.7 Å². The number of carbonyl (C=O) groups is 1. The van der Waals surface area contributed by atoms with Crippen LogP contribution in [0, 0.1) is 0 Å². The highest BCUT2D eigenvalue weighted by Gasteiger charge is 2.20. The van der Waals surface area contributed by atoms with Gasteiger partial charge in [0.15, 0.2) is 0 Å². The van der Waals surface area contributed by atoms with Crippen molar-refractivity contribution < 1.29 is 9.63 Å². The number of nitrogens with one attached hydrogen (secondary N) is 1. The quantitative estimate of drug-likeness (QED) is 0.865. The van der Waals surface area contributed by atoms with E-state index in [0.29, 0.717) is 5.56 Å². The van der Waals surface area contributed by atoms with Gasteiger partial charge in [0.05, 0.1) is 12.3 Å². The Kier molecular flexibility index (Phi) is 3.56. The Morgan fingerprint density at radius 2 is 2.05 bits per heavy atom. The average molecular weight is 274 g/mol. The van der Waals surface area contributed by atoms with Crippen LogP contribution < -0.4 is 5.48 Å². The van der Waals surface area contributed by atoms with Gasteiger partial charge in [-0.15, -0.1) is 0 Å². The number of amides is 1. The molecule has 1 amide bonds. The monoisotopic (exact) mass is 274 g/mol. The van der Waals surface area contributed by atoms with Gasteiger partial charge in [0.1, 0.15) is 11.4 Å². The molecular weight excluding hydrogens is 256 g/mol. The molecule has 3 rings (SSSR count). The van der Waals surface area contributed by atoms with Crippen molar-refractivity contribution in [2.45, 2.75) is 31.8 Å². The molecule has 6 heteroatoms. The number of carbonyl (C=O) groups excluding carboxylic acids is 1. The van der Waals surface area contributed by atoms with E-state index in [1.54, 1.807) is 10.9 Å². The van der Waals surface area contributed by atoms with E-state index in [4.69, 9.17) is 4.84 Å². The molecule has 6 nitrogen and oxygen atoms in total. The van der Waals surface area contributed by atoms with E-state index in [1.165, 1.54) is 12.8 Å². The molecule has 2 aromatic heterocycles. The van der Waals surface area contributed by atoms with Crippen LogP contribution in [0.4, 0.5) is 0 Å². The van der Waals surface area contributed by atoms with Gasteiger partial charge in [-0.25, -0.2) is 5.48 Å². The van der Waals surface area contributed by atoms with Crippen LogP contribution >= 0.6 is 0 Å². The summed E-state index contributed by atoms with van der Waals surface area (Å²) in [5, 5.41) is 4.15. The zero-order valence-corrected chi connectivity index (χ0v) is 11.5. The minimum atomic E-state index is -0.256. The first-order chi connectivity index (χ1) is 9.75. The fourth-order valence-corrected chi connectivity index (χ4v) is 2.57. The molecule has 0 unspecified atom stereocenters. The zero-order valence-electron chi connectivity index (χ0n) is 11.5. The molecule has 1 aliphatic carbocycles. The van der Waals surface area contributed by atoms with E-state index >= 15 is 0 Å². The second kappa shape index (κ2) is 5.50. The second-order valence-electron chi connectivity index (χ2n) is 5.05. The standard InChI is InChI=1S/C14H18N4O2/c1-17-14(18-8-4-5-9-18)12(10-15-17)13(19)16-20-11-6-2-3-7-11/h4-5,8-11H,2-3,6-7H2,1H3,(H,16,19). The number of aromatic nitrogens is 3. The van der Waals surface area contributed by atoms with Crippen molar-refractivity contribution in [2.24, 2.45) is 7.05 Å². The maximum atomic E-state index is 12.2. The normalized spacial score (nSPS) is 15.7. The number of aryl methyl sites for hydroxylation is 1. The Morgan fingerprint density at radius 3 is 2.75 bits per heavy atom. The lowest BCUT2D eigenvalue weighted by atomic mass is 10.3. The number of rotatable bonds is 4. The summed E-state index contributed by atoms with van der Waals surface area (Å²) in [4.78, 5) is 17.7. The summed E-state index contributed by atoms with van der Waals surface area (Å²) in [6.45, 7) is 0. The van der Waals surface area contributed by atoms with Gasteiger partial charge in [0, 0.05) is 19.4 Å². The maximum absolute atomic E-state index is 12.2. The highest BCUT2D eigenvalue weighted by Crippen LogP contribution is 2.20. The molecule has 0 aliphatic heterocycles. The summed E-state index contributed by atoms with van der Waals surface area (Å²) in [6.07, 6.45) is 9.82. The molecule has 0 aromatic carbocycles. The molecule has 1 aliphatic rings. The Labute approximate surface area is 117 Å². The number of hydrogen-bond donors (Lipinski definition) is 1. The van der Waals surface area contributed by atoms with Gasteiger partial charge in [-0.1, -0.05) is 12.8 Å². The van der Waals surface area contributed by atoms with Crippen LogP contribution in [-0.4, -0.2) is 26.4 Å². The molecule has 2 aromatic rings. The topological polar surface area (TPSA) is 61.1 Å². The smallest absolute Gasteiger partial charge is 0.280 e. The first-order valence-electron chi connectivity index (χ1n) is 6.87. The third-order valence-electron chi connectivity index (χ3n) is 3.62. The van der Waals surface area contributed by atoms with Crippen LogP contribution in [0.1, 0.15) is 36.0 Å². The Hall–Kier alpha value is -2.08. The van der Waals surface area contributed by atoms with E-state index in [0.717, 1.165) is 18.7 Å². The first kappa shape index (κ1) is 12.9. The summed E-state index contributed by atoms with van der Waals surface area (Å²) in [5.41, 5.74) is 3.05. The molecule has 0 radical (unpaired) electrons. The molecule has 1 saturated carbocycles. The number of hydrogen-bond acceptors (Lipinski definition) is 3. The van der Waals surface area contributed by atoms with Gasteiger partial charge in [-0.3, -0.25) is 14.3 Å². The SMILES string of the molecule is Cn1ncc(C(=O)NOC2CCCC2)c1-n1cccc1. The van der Waals surface area contributed by atoms with Crippen molar-refractivity contribution in [2.75, 3.05) is 0 Å². The van der Waals surface area contributed by atoms with E-state index in [1.807, 2.05) is 36.1 Å². The lowest BCUT2D eigenvalue weighted by Gasteiger charge is -2.12.